The van der Waals surface area contributed by atoms with Crippen molar-refractivity contribution in [3.63, 3.8) is 0 Å². The summed E-state index contributed by atoms with van der Waals surface area (Å²) in [5, 5.41) is 0. The molecule has 0 amide bonds. The first-order chi connectivity index (χ1) is 9.08. The Kier molecular flexibility index (Phi) is 3.03. The van der Waals surface area contributed by atoms with Crippen molar-refractivity contribution in [1.82, 2.24) is 9.55 Å². The molecule has 0 fully saturated rings. The maximum absolute atomic E-state index is 13.7. The van der Waals surface area contributed by atoms with Gasteiger partial charge in [0.1, 0.15) is 5.82 Å². The van der Waals surface area contributed by atoms with E-state index in [1.807, 2.05) is 28.8 Å². The fraction of sp³-hybridized carbons (Fsp3) is 0.0714. The summed E-state index contributed by atoms with van der Waals surface area (Å²) in [6.07, 6.45) is 0. The van der Waals surface area contributed by atoms with Crippen LogP contribution in [0.15, 0.2) is 40.9 Å². The zero-order valence-electron chi connectivity index (χ0n) is 10.1. The molecule has 0 aliphatic heterocycles. The molecular formula is C14H10BrFN2S. The third kappa shape index (κ3) is 2.03. The van der Waals surface area contributed by atoms with Gasteiger partial charge in [-0.1, -0.05) is 22.0 Å². The Morgan fingerprint density at radius 2 is 2.05 bits per heavy atom. The van der Waals surface area contributed by atoms with E-state index in [1.165, 1.54) is 6.07 Å². The molecule has 5 heteroatoms. The van der Waals surface area contributed by atoms with Gasteiger partial charge in [0.25, 0.3) is 0 Å². The fourth-order valence-electron chi connectivity index (χ4n) is 2.16. The maximum Gasteiger partial charge on any atom is 0.182 e. The maximum atomic E-state index is 13.7. The van der Waals surface area contributed by atoms with Crippen molar-refractivity contribution in [2.45, 2.75) is 6.92 Å². The van der Waals surface area contributed by atoms with E-state index >= 15 is 0 Å². The molecule has 0 saturated heterocycles. The van der Waals surface area contributed by atoms with E-state index in [9.17, 15) is 4.39 Å². The summed E-state index contributed by atoms with van der Waals surface area (Å²) in [5.74, 6) is -0.231. The van der Waals surface area contributed by atoms with E-state index in [0.29, 0.717) is 10.3 Å². The number of imidazole rings is 1. The minimum absolute atomic E-state index is 0.231. The monoisotopic (exact) mass is 336 g/mol. The molecule has 3 rings (SSSR count). The molecule has 0 unspecified atom stereocenters. The van der Waals surface area contributed by atoms with Crippen molar-refractivity contribution in [2.24, 2.45) is 0 Å². The number of H-pyrrole nitrogens is 1. The van der Waals surface area contributed by atoms with E-state index in [2.05, 4.69) is 20.9 Å². The second kappa shape index (κ2) is 4.58. The number of nitrogens with one attached hydrogen (secondary N) is 1. The van der Waals surface area contributed by atoms with Gasteiger partial charge in [-0.05, 0) is 49.5 Å². The summed E-state index contributed by atoms with van der Waals surface area (Å²) in [6.45, 7) is 1.75. The average Bonchev–Trinajstić information content (AvgIpc) is 2.68. The molecule has 0 radical (unpaired) electrons. The molecule has 1 N–H and O–H groups in total. The summed E-state index contributed by atoms with van der Waals surface area (Å²) in [4.78, 5) is 3.14. The summed E-state index contributed by atoms with van der Waals surface area (Å²) in [5.41, 5.74) is 3.20. The predicted molar refractivity (Wildman–Crippen MR) is 80.9 cm³/mol. The first kappa shape index (κ1) is 12.6. The van der Waals surface area contributed by atoms with Crippen molar-refractivity contribution in [3.05, 3.63) is 57.0 Å². The van der Waals surface area contributed by atoms with Crippen LogP contribution >= 0.6 is 28.1 Å². The van der Waals surface area contributed by atoms with Crippen LogP contribution in [-0.4, -0.2) is 9.55 Å². The Balaban J connectivity index is 2.40. The van der Waals surface area contributed by atoms with Gasteiger partial charge >= 0.3 is 0 Å². The zero-order chi connectivity index (χ0) is 13.6. The Morgan fingerprint density at radius 1 is 1.26 bits per heavy atom. The van der Waals surface area contributed by atoms with Crippen molar-refractivity contribution in [2.75, 3.05) is 0 Å². The highest BCUT2D eigenvalue weighted by molar-refractivity contribution is 9.10. The molecule has 0 aliphatic carbocycles. The van der Waals surface area contributed by atoms with E-state index < -0.39 is 0 Å². The molecule has 0 saturated carbocycles. The molecule has 2 nitrogen and oxygen atoms in total. The van der Waals surface area contributed by atoms with Crippen molar-refractivity contribution >= 4 is 39.2 Å². The van der Waals surface area contributed by atoms with Gasteiger partial charge in [0.2, 0.25) is 0 Å². The van der Waals surface area contributed by atoms with Gasteiger partial charge in [-0.25, -0.2) is 4.39 Å². The molecule has 0 aliphatic rings. The van der Waals surface area contributed by atoms with Crippen LogP contribution in [0.3, 0.4) is 0 Å². The third-order valence-corrected chi connectivity index (χ3v) is 3.90. The Bertz CT molecular complexity index is 835. The largest absolute Gasteiger partial charge is 0.330 e. The highest BCUT2D eigenvalue weighted by atomic mass is 79.9. The number of aromatic amines is 1. The van der Waals surface area contributed by atoms with Crippen LogP contribution in [0.1, 0.15) is 5.56 Å². The molecular weight excluding hydrogens is 327 g/mol. The number of halogens is 2. The van der Waals surface area contributed by atoms with Gasteiger partial charge in [0, 0.05) is 10.0 Å². The molecule has 0 spiro atoms. The second-order valence-corrected chi connectivity index (χ2v) is 5.61. The van der Waals surface area contributed by atoms with E-state index in [4.69, 9.17) is 12.2 Å². The standard InChI is InChI=1S/C14H10BrFN2S/c1-8-10(16)3-2-4-12(8)18-13-6-5-9(15)7-11(13)17-14(18)19/h2-7H,1H3,(H,17,19). The first-order valence-corrected chi connectivity index (χ1v) is 6.94. The van der Waals surface area contributed by atoms with Gasteiger partial charge in [0.15, 0.2) is 4.77 Å². The molecule has 0 bridgehead atoms. The number of hydrogen-bond donors (Lipinski definition) is 1. The van der Waals surface area contributed by atoms with E-state index in [1.54, 1.807) is 13.0 Å². The molecule has 1 aromatic heterocycles. The van der Waals surface area contributed by atoms with Crippen LogP contribution in [0, 0.1) is 17.5 Å². The Hall–Kier alpha value is -1.46. The lowest BCUT2D eigenvalue weighted by molar-refractivity contribution is 0.617. The number of benzene rings is 2. The van der Waals surface area contributed by atoms with Gasteiger partial charge in [-0.3, -0.25) is 4.57 Å². The average molecular weight is 337 g/mol. The normalized spacial score (nSPS) is 11.1. The molecule has 1 heterocycles. The third-order valence-electron chi connectivity index (χ3n) is 3.12. The number of rotatable bonds is 1. The highest BCUT2D eigenvalue weighted by Crippen LogP contribution is 2.25. The zero-order valence-corrected chi connectivity index (χ0v) is 12.5. The lowest BCUT2D eigenvalue weighted by Crippen LogP contribution is -1.98. The summed E-state index contributed by atoms with van der Waals surface area (Å²) in [6, 6.07) is 10.9. The first-order valence-electron chi connectivity index (χ1n) is 5.73. The topological polar surface area (TPSA) is 20.7 Å². The van der Waals surface area contributed by atoms with Crippen molar-refractivity contribution in [1.29, 1.82) is 0 Å². The summed E-state index contributed by atoms with van der Waals surface area (Å²) < 4.78 is 17.1. The summed E-state index contributed by atoms with van der Waals surface area (Å²) >= 11 is 8.78. The minimum Gasteiger partial charge on any atom is -0.330 e. The van der Waals surface area contributed by atoms with Crippen LogP contribution < -0.4 is 0 Å². The molecule has 3 aromatic rings. The minimum atomic E-state index is -0.231. The lowest BCUT2D eigenvalue weighted by atomic mass is 10.2. The summed E-state index contributed by atoms with van der Waals surface area (Å²) in [7, 11) is 0. The SMILES string of the molecule is Cc1c(F)cccc1-n1c(=S)[nH]c2cc(Br)ccc21. The quantitative estimate of drug-likeness (QED) is 0.627. The van der Waals surface area contributed by atoms with Gasteiger partial charge in [-0.2, -0.15) is 0 Å². The van der Waals surface area contributed by atoms with Crippen molar-refractivity contribution in [3.8, 4) is 5.69 Å². The lowest BCUT2D eigenvalue weighted by Gasteiger charge is -2.09. The predicted octanol–water partition coefficient (Wildman–Crippen LogP) is 4.90. The second-order valence-electron chi connectivity index (χ2n) is 4.31. The van der Waals surface area contributed by atoms with Crippen LogP contribution in [0.4, 0.5) is 4.39 Å². The Labute approximate surface area is 123 Å². The van der Waals surface area contributed by atoms with Gasteiger partial charge < -0.3 is 4.98 Å². The molecule has 96 valence electrons. The van der Waals surface area contributed by atoms with E-state index in [-0.39, 0.29) is 5.82 Å². The molecule has 2 aromatic carbocycles. The van der Waals surface area contributed by atoms with Crippen LogP contribution in [0.5, 0.6) is 0 Å². The van der Waals surface area contributed by atoms with Gasteiger partial charge in [0.05, 0.1) is 16.7 Å². The van der Waals surface area contributed by atoms with Gasteiger partial charge in [-0.15, -0.1) is 0 Å². The number of nitrogens with zero attached hydrogens (tertiary/aromatic N) is 1. The van der Waals surface area contributed by atoms with Crippen LogP contribution in [-0.2, 0) is 0 Å². The molecule has 0 atom stereocenters. The van der Waals surface area contributed by atoms with Crippen molar-refractivity contribution < 1.29 is 4.39 Å². The Morgan fingerprint density at radius 3 is 2.84 bits per heavy atom. The molecule has 19 heavy (non-hydrogen) atoms. The number of aromatic nitrogens is 2. The van der Waals surface area contributed by atoms with Crippen LogP contribution in [0.25, 0.3) is 16.7 Å². The smallest absolute Gasteiger partial charge is 0.182 e. The number of hydrogen-bond acceptors (Lipinski definition) is 1. The van der Waals surface area contributed by atoms with Crippen LogP contribution in [0.2, 0.25) is 0 Å². The van der Waals surface area contributed by atoms with E-state index in [0.717, 1.165) is 21.2 Å². The number of fused-ring (bicyclic) bond motifs is 1. The fourth-order valence-corrected chi connectivity index (χ4v) is 2.83. The highest BCUT2D eigenvalue weighted by Gasteiger charge is 2.11.